The summed E-state index contributed by atoms with van der Waals surface area (Å²) in [6.45, 7) is 0.303. The fourth-order valence-corrected chi connectivity index (χ4v) is 3.91. The molecule has 1 heterocycles. The number of hydrogen-bond acceptors (Lipinski definition) is 6. The van der Waals surface area contributed by atoms with Crippen molar-refractivity contribution >= 4 is 62.8 Å². The number of nitro benzene ring substituents is 1. The zero-order valence-corrected chi connectivity index (χ0v) is 20.1. The minimum Gasteiger partial charge on any atom is -0.488 e. The number of imide groups is 2. The Morgan fingerprint density at radius 2 is 1.80 bits per heavy atom. The van der Waals surface area contributed by atoms with Gasteiger partial charge in [-0.1, -0.05) is 35.9 Å². The van der Waals surface area contributed by atoms with E-state index < -0.39 is 22.8 Å². The number of amides is 4. The highest BCUT2D eigenvalue weighted by molar-refractivity contribution is 9.10. The Kier molecular flexibility index (Phi) is 6.94. The molecule has 0 bridgehead atoms. The van der Waals surface area contributed by atoms with Crippen LogP contribution in [0.3, 0.4) is 0 Å². The van der Waals surface area contributed by atoms with Gasteiger partial charge in [0.05, 0.1) is 15.1 Å². The van der Waals surface area contributed by atoms with Gasteiger partial charge in [0, 0.05) is 17.2 Å². The first kappa shape index (κ1) is 24.1. The maximum absolute atomic E-state index is 13.0. The molecule has 1 aliphatic heterocycles. The van der Waals surface area contributed by atoms with E-state index in [1.54, 1.807) is 30.3 Å². The van der Waals surface area contributed by atoms with E-state index in [0.29, 0.717) is 32.3 Å². The number of carbonyl (C=O) groups is 3. The average Bonchev–Trinajstić information content (AvgIpc) is 2.82. The summed E-state index contributed by atoms with van der Waals surface area (Å²) in [4.78, 5) is 48.9. The molecule has 0 radical (unpaired) electrons. The summed E-state index contributed by atoms with van der Waals surface area (Å²) < 4.78 is 6.38. The summed E-state index contributed by atoms with van der Waals surface area (Å²) in [5, 5.41) is 13.8. The van der Waals surface area contributed by atoms with E-state index in [1.807, 2.05) is 12.1 Å². The van der Waals surface area contributed by atoms with Gasteiger partial charge < -0.3 is 4.74 Å². The molecule has 4 amide bonds. The number of halogens is 2. The van der Waals surface area contributed by atoms with Crippen molar-refractivity contribution in [3.05, 3.63) is 103 Å². The maximum Gasteiger partial charge on any atom is 0.335 e. The Balaban J connectivity index is 1.57. The Hall–Kier alpha value is -4.02. The summed E-state index contributed by atoms with van der Waals surface area (Å²) in [5.41, 5.74) is 0.763. The summed E-state index contributed by atoms with van der Waals surface area (Å²) in [5.74, 6) is -1.24. The number of nitrogens with zero attached hydrogens (tertiary/aromatic N) is 2. The topological polar surface area (TPSA) is 119 Å². The number of anilines is 1. The summed E-state index contributed by atoms with van der Waals surface area (Å²) in [6.07, 6.45) is 1.32. The highest BCUT2D eigenvalue weighted by atomic mass is 79.9. The van der Waals surface area contributed by atoms with Crippen molar-refractivity contribution < 1.29 is 24.0 Å². The van der Waals surface area contributed by atoms with E-state index in [1.165, 1.54) is 24.3 Å². The van der Waals surface area contributed by atoms with E-state index in [2.05, 4.69) is 21.2 Å². The lowest BCUT2D eigenvalue weighted by Crippen LogP contribution is -2.54. The first-order valence-corrected chi connectivity index (χ1v) is 11.2. The van der Waals surface area contributed by atoms with Crippen molar-refractivity contribution in [2.45, 2.75) is 6.61 Å². The van der Waals surface area contributed by atoms with Gasteiger partial charge in [-0.15, -0.1) is 0 Å². The second kappa shape index (κ2) is 10.1. The number of benzene rings is 3. The van der Waals surface area contributed by atoms with Gasteiger partial charge in [-0.25, -0.2) is 9.69 Å². The molecule has 0 unspecified atom stereocenters. The molecule has 3 aromatic carbocycles. The van der Waals surface area contributed by atoms with Crippen LogP contribution in [-0.4, -0.2) is 22.8 Å². The van der Waals surface area contributed by atoms with Crippen molar-refractivity contribution in [3.63, 3.8) is 0 Å². The van der Waals surface area contributed by atoms with Crippen molar-refractivity contribution in [2.24, 2.45) is 0 Å². The number of barbiturate groups is 1. The van der Waals surface area contributed by atoms with E-state index >= 15 is 0 Å². The number of ether oxygens (including phenoxy) is 1. The lowest BCUT2D eigenvalue weighted by molar-refractivity contribution is -0.384. The molecule has 0 saturated carbocycles. The summed E-state index contributed by atoms with van der Waals surface area (Å²) >= 11 is 9.31. The minimum atomic E-state index is -0.996. The molecule has 9 nitrogen and oxygen atoms in total. The van der Waals surface area contributed by atoms with Crippen LogP contribution in [0.15, 0.2) is 76.8 Å². The number of non-ortho nitro benzene ring substituents is 1. The van der Waals surface area contributed by atoms with Crippen LogP contribution < -0.4 is 15.0 Å². The highest BCUT2D eigenvalue weighted by Crippen LogP contribution is 2.29. The molecule has 0 spiro atoms. The van der Waals surface area contributed by atoms with Gasteiger partial charge in [-0.3, -0.25) is 25.0 Å². The third-order valence-electron chi connectivity index (χ3n) is 4.97. The van der Waals surface area contributed by atoms with Gasteiger partial charge >= 0.3 is 6.03 Å². The minimum absolute atomic E-state index is 0.0350. The van der Waals surface area contributed by atoms with Gasteiger partial charge in [0.2, 0.25) is 0 Å². The predicted molar refractivity (Wildman–Crippen MR) is 132 cm³/mol. The Labute approximate surface area is 212 Å². The Bertz CT molecular complexity index is 1390. The van der Waals surface area contributed by atoms with Crippen LogP contribution >= 0.6 is 27.5 Å². The number of carbonyl (C=O) groups excluding carboxylic acids is 3. The van der Waals surface area contributed by atoms with Crippen LogP contribution in [0.4, 0.5) is 16.2 Å². The molecular weight excluding hydrogens is 542 g/mol. The quantitative estimate of drug-likeness (QED) is 0.192. The molecule has 0 aromatic heterocycles. The molecule has 3 aromatic rings. The van der Waals surface area contributed by atoms with E-state index in [4.69, 9.17) is 16.3 Å². The first-order valence-electron chi connectivity index (χ1n) is 10.1. The van der Waals surface area contributed by atoms with Crippen molar-refractivity contribution in [2.75, 3.05) is 4.90 Å². The monoisotopic (exact) mass is 555 g/mol. The maximum atomic E-state index is 13.0. The van der Waals surface area contributed by atoms with Crippen LogP contribution in [0, 0.1) is 10.1 Å². The largest absolute Gasteiger partial charge is 0.488 e. The zero-order chi connectivity index (χ0) is 25.1. The molecule has 176 valence electrons. The van der Waals surface area contributed by atoms with Gasteiger partial charge in [0.25, 0.3) is 17.5 Å². The summed E-state index contributed by atoms with van der Waals surface area (Å²) in [7, 11) is 0. The SMILES string of the molecule is O=C1NC(=O)N(c2cccc([N+](=O)[O-])c2)C(=O)/C1=C/c1ccc(OCc2ccc(Cl)cc2)c(Br)c1. The highest BCUT2D eigenvalue weighted by Gasteiger charge is 2.37. The zero-order valence-electron chi connectivity index (χ0n) is 17.7. The second-order valence-electron chi connectivity index (χ2n) is 7.34. The number of urea groups is 1. The molecule has 1 N–H and O–H groups in total. The van der Waals surface area contributed by atoms with Crippen LogP contribution in [-0.2, 0) is 16.2 Å². The second-order valence-corrected chi connectivity index (χ2v) is 8.63. The molecule has 35 heavy (non-hydrogen) atoms. The molecule has 0 aliphatic carbocycles. The van der Waals surface area contributed by atoms with Gasteiger partial charge in [0.1, 0.15) is 17.9 Å². The average molecular weight is 557 g/mol. The van der Waals surface area contributed by atoms with E-state index in [-0.39, 0.29) is 16.9 Å². The lowest BCUT2D eigenvalue weighted by Gasteiger charge is -2.26. The van der Waals surface area contributed by atoms with E-state index in [0.717, 1.165) is 11.6 Å². The lowest BCUT2D eigenvalue weighted by atomic mass is 10.1. The normalized spacial score (nSPS) is 14.7. The molecular formula is C24H15BrClN3O6. The smallest absolute Gasteiger partial charge is 0.335 e. The summed E-state index contributed by atoms with van der Waals surface area (Å²) in [6, 6.07) is 16.2. The van der Waals surface area contributed by atoms with Crippen molar-refractivity contribution in [3.8, 4) is 5.75 Å². The molecule has 1 fully saturated rings. The fourth-order valence-electron chi connectivity index (χ4n) is 3.27. The van der Waals surface area contributed by atoms with Crippen molar-refractivity contribution in [1.29, 1.82) is 0 Å². The standard InChI is InChI=1S/C24H15BrClN3O6/c25-20-11-15(6-9-21(20)35-13-14-4-7-16(26)8-5-14)10-19-22(30)27-24(32)28(23(19)31)17-2-1-3-18(12-17)29(33)34/h1-12H,13H2,(H,27,30,32)/b19-10+. The Morgan fingerprint density at radius 1 is 1.06 bits per heavy atom. The van der Waals surface area contributed by atoms with E-state index in [9.17, 15) is 24.5 Å². The van der Waals surface area contributed by atoms with Crippen LogP contribution in [0.2, 0.25) is 5.02 Å². The third kappa shape index (κ3) is 5.39. The van der Waals surface area contributed by atoms with Gasteiger partial charge in [0.15, 0.2) is 0 Å². The molecule has 11 heteroatoms. The number of nitrogens with one attached hydrogen (secondary N) is 1. The van der Waals surface area contributed by atoms with Crippen LogP contribution in [0.1, 0.15) is 11.1 Å². The number of nitro groups is 1. The van der Waals surface area contributed by atoms with Gasteiger partial charge in [-0.05, 0) is 63.5 Å². The number of hydrogen-bond donors (Lipinski definition) is 1. The third-order valence-corrected chi connectivity index (χ3v) is 5.85. The molecule has 1 saturated heterocycles. The molecule has 4 rings (SSSR count). The molecule has 0 atom stereocenters. The number of rotatable bonds is 6. The predicted octanol–water partition coefficient (Wildman–Crippen LogP) is 5.26. The fraction of sp³-hybridized carbons (Fsp3) is 0.0417. The Morgan fingerprint density at radius 3 is 2.49 bits per heavy atom. The van der Waals surface area contributed by atoms with Crippen LogP contribution in [0.25, 0.3) is 6.08 Å². The first-order chi connectivity index (χ1) is 16.7. The molecule has 1 aliphatic rings. The van der Waals surface area contributed by atoms with Gasteiger partial charge in [-0.2, -0.15) is 0 Å². The van der Waals surface area contributed by atoms with Crippen molar-refractivity contribution in [1.82, 2.24) is 5.32 Å². The van der Waals surface area contributed by atoms with Crippen LogP contribution in [0.5, 0.6) is 5.75 Å².